The van der Waals surface area contributed by atoms with Crippen LogP contribution in [0, 0.1) is 0 Å². The number of benzene rings is 1. The maximum atomic E-state index is 12.7. The second kappa shape index (κ2) is 6.34. The van der Waals surface area contributed by atoms with Gasteiger partial charge in [0.1, 0.15) is 11.8 Å². The monoisotopic (exact) mass is 314 g/mol. The molecule has 0 N–H and O–H groups in total. The molecule has 4 rings (SSSR count). The van der Waals surface area contributed by atoms with Crippen LogP contribution in [0.2, 0.25) is 0 Å². The van der Waals surface area contributed by atoms with Crippen LogP contribution >= 0.6 is 0 Å². The van der Waals surface area contributed by atoms with Crippen molar-refractivity contribution in [2.75, 3.05) is 39.3 Å². The van der Waals surface area contributed by atoms with Crippen LogP contribution in [0.4, 0.5) is 0 Å². The van der Waals surface area contributed by atoms with Crippen LogP contribution in [0.25, 0.3) is 11.0 Å². The second-order valence-corrected chi connectivity index (χ2v) is 6.37. The molecule has 122 valence electrons. The van der Waals surface area contributed by atoms with E-state index in [1.54, 1.807) is 6.26 Å². The molecule has 1 unspecified atom stereocenters. The van der Waals surface area contributed by atoms with Gasteiger partial charge >= 0.3 is 0 Å². The fourth-order valence-corrected chi connectivity index (χ4v) is 3.52. The molecule has 1 aromatic carbocycles. The molecule has 0 spiro atoms. The Morgan fingerprint density at radius 3 is 2.78 bits per heavy atom. The summed E-state index contributed by atoms with van der Waals surface area (Å²) in [7, 11) is 0. The van der Waals surface area contributed by atoms with Gasteiger partial charge in [0.2, 0.25) is 0 Å². The van der Waals surface area contributed by atoms with Gasteiger partial charge in [-0.2, -0.15) is 0 Å². The third kappa shape index (κ3) is 2.99. The smallest absolute Gasteiger partial charge is 0.257 e. The lowest BCUT2D eigenvalue weighted by atomic mass is 10.1. The van der Waals surface area contributed by atoms with Crippen molar-refractivity contribution in [1.29, 1.82) is 0 Å². The van der Waals surface area contributed by atoms with E-state index >= 15 is 0 Å². The minimum absolute atomic E-state index is 0.0757. The number of furan rings is 1. The first-order valence-electron chi connectivity index (χ1n) is 8.41. The Bertz CT molecular complexity index is 682. The summed E-state index contributed by atoms with van der Waals surface area (Å²) in [5.74, 6) is 0.0757. The van der Waals surface area contributed by atoms with Crippen LogP contribution in [0.3, 0.4) is 0 Å². The summed E-state index contributed by atoms with van der Waals surface area (Å²) in [5.41, 5.74) is 1.45. The Balaban J connectivity index is 1.39. The Morgan fingerprint density at radius 1 is 1.17 bits per heavy atom. The van der Waals surface area contributed by atoms with E-state index in [1.165, 1.54) is 12.8 Å². The van der Waals surface area contributed by atoms with E-state index in [4.69, 9.17) is 9.15 Å². The van der Waals surface area contributed by atoms with Crippen molar-refractivity contribution >= 4 is 16.9 Å². The van der Waals surface area contributed by atoms with Crippen LogP contribution in [0.1, 0.15) is 23.2 Å². The van der Waals surface area contributed by atoms with Gasteiger partial charge in [-0.05, 0) is 18.9 Å². The zero-order valence-electron chi connectivity index (χ0n) is 13.2. The maximum Gasteiger partial charge on any atom is 0.257 e. The first kappa shape index (κ1) is 14.7. The zero-order chi connectivity index (χ0) is 15.6. The van der Waals surface area contributed by atoms with Crippen molar-refractivity contribution in [3.8, 4) is 0 Å². The molecule has 0 saturated carbocycles. The van der Waals surface area contributed by atoms with Crippen LogP contribution in [-0.4, -0.2) is 61.1 Å². The lowest BCUT2D eigenvalue weighted by Crippen LogP contribution is -2.50. The van der Waals surface area contributed by atoms with Crippen LogP contribution in [-0.2, 0) is 4.74 Å². The van der Waals surface area contributed by atoms with Crippen molar-refractivity contribution in [2.45, 2.75) is 18.9 Å². The van der Waals surface area contributed by atoms with E-state index in [2.05, 4.69) is 4.90 Å². The molecule has 5 nitrogen and oxygen atoms in total. The zero-order valence-corrected chi connectivity index (χ0v) is 13.2. The number of nitrogens with zero attached hydrogens (tertiary/aromatic N) is 2. The van der Waals surface area contributed by atoms with Gasteiger partial charge in [0.25, 0.3) is 5.91 Å². The predicted molar refractivity (Wildman–Crippen MR) is 87.5 cm³/mol. The molecule has 23 heavy (non-hydrogen) atoms. The fraction of sp³-hybridized carbons (Fsp3) is 0.500. The summed E-state index contributed by atoms with van der Waals surface area (Å²) in [5, 5.41) is 0.902. The number of carbonyl (C=O) groups is 1. The molecule has 2 aliphatic rings. The number of para-hydroxylation sites is 1. The molecule has 2 aliphatic heterocycles. The van der Waals surface area contributed by atoms with Crippen molar-refractivity contribution in [3.63, 3.8) is 0 Å². The summed E-state index contributed by atoms with van der Waals surface area (Å²) in [4.78, 5) is 17.1. The molecule has 3 heterocycles. The fourth-order valence-electron chi connectivity index (χ4n) is 3.52. The number of carbonyl (C=O) groups excluding carboxylic acids is 1. The lowest BCUT2D eigenvalue weighted by Gasteiger charge is -2.35. The van der Waals surface area contributed by atoms with Gasteiger partial charge in [-0.3, -0.25) is 9.69 Å². The van der Waals surface area contributed by atoms with Crippen molar-refractivity contribution < 1.29 is 13.9 Å². The molecular formula is C18H22N2O3. The largest absolute Gasteiger partial charge is 0.463 e. The number of rotatable bonds is 3. The first-order valence-corrected chi connectivity index (χ1v) is 8.41. The number of hydrogen-bond donors (Lipinski definition) is 0. The van der Waals surface area contributed by atoms with Gasteiger partial charge in [0, 0.05) is 44.7 Å². The number of ether oxygens (including phenoxy) is 1. The van der Waals surface area contributed by atoms with Crippen molar-refractivity contribution in [3.05, 3.63) is 36.1 Å². The van der Waals surface area contributed by atoms with E-state index in [0.717, 1.165) is 50.3 Å². The number of amides is 1. The van der Waals surface area contributed by atoms with E-state index < -0.39 is 0 Å². The Labute approximate surface area is 135 Å². The molecule has 2 aromatic rings. The Hall–Kier alpha value is -1.85. The van der Waals surface area contributed by atoms with Gasteiger partial charge < -0.3 is 14.1 Å². The molecule has 0 aliphatic carbocycles. The summed E-state index contributed by atoms with van der Waals surface area (Å²) < 4.78 is 11.2. The Morgan fingerprint density at radius 2 is 2.00 bits per heavy atom. The van der Waals surface area contributed by atoms with Crippen molar-refractivity contribution in [1.82, 2.24) is 9.80 Å². The molecule has 0 bridgehead atoms. The highest BCUT2D eigenvalue weighted by Gasteiger charge is 2.26. The van der Waals surface area contributed by atoms with Gasteiger partial charge in [-0.25, -0.2) is 0 Å². The highest BCUT2D eigenvalue weighted by Crippen LogP contribution is 2.23. The lowest BCUT2D eigenvalue weighted by molar-refractivity contribution is 0.0433. The topological polar surface area (TPSA) is 45.9 Å². The minimum atomic E-state index is 0.0757. The van der Waals surface area contributed by atoms with Gasteiger partial charge in [0.15, 0.2) is 0 Å². The van der Waals surface area contributed by atoms with Crippen LogP contribution < -0.4 is 0 Å². The van der Waals surface area contributed by atoms with E-state index in [-0.39, 0.29) is 5.91 Å². The minimum Gasteiger partial charge on any atom is -0.463 e. The highest BCUT2D eigenvalue weighted by atomic mass is 16.5. The summed E-state index contributed by atoms with van der Waals surface area (Å²) >= 11 is 0. The number of hydrogen-bond acceptors (Lipinski definition) is 4. The van der Waals surface area contributed by atoms with Gasteiger partial charge in [-0.15, -0.1) is 0 Å². The van der Waals surface area contributed by atoms with E-state index in [1.807, 2.05) is 29.2 Å². The van der Waals surface area contributed by atoms with E-state index in [0.29, 0.717) is 11.7 Å². The molecule has 1 amide bonds. The molecule has 5 heteroatoms. The van der Waals surface area contributed by atoms with Crippen LogP contribution in [0.15, 0.2) is 34.9 Å². The quantitative estimate of drug-likeness (QED) is 0.872. The third-order valence-electron chi connectivity index (χ3n) is 4.86. The average Bonchev–Trinajstić information content (AvgIpc) is 3.24. The normalized spacial score (nSPS) is 22.8. The molecule has 2 fully saturated rings. The first-order chi connectivity index (χ1) is 11.3. The van der Waals surface area contributed by atoms with Gasteiger partial charge in [0.05, 0.1) is 11.7 Å². The molecular weight excluding hydrogens is 292 g/mol. The third-order valence-corrected chi connectivity index (χ3v) is 4.86. The standard InChI is InChI=1S/C18H22N2O3/c21-18(16-13-23-17-6-2-1-5-15(16)17)20-9-7-19(8-10-20)12-14-4-3-11-22-14/h1-2,5-6,13-14H,3-4,7-12H2. The second-order valence-electron chi connectivity index (χ2n) is 6.37. The summed E-state index contributed by atoms with van der Waals surface area (Å²) in [6.45, 7) is 5.27. The van der Waals surface area contributed by atoms with Gasteiger partial charge in [-0.1, -0.05) is 18.2 Å². The summed E-state index contributed by atoms with van der Waals surface area (Å²) in [6.07, 6.45) is 4.32. The molecule has 2 saturated heterocycles. The molecule has 1 atom stereocenters. The predicted octanol–water partition coefficient (Wildman–Crippen LogP) is 2.37. The van der Waals surface area contributed by atoms with E-state index in [9.17, 15) is 4.79 Å². The van der Waals surface area contributed by atoms with Crippen LogP contribution in [0.5, 0.6) is 0 Å². The summed E-state index contributed by atoms with van der Waals surface area (Å²) in [6, 6.07) is 7.70. The highest BCUT2D eigenvalue weighted by molar-refractivity contribution is 6.05. The maximum absolute atomic E-state index is 12.7. The molecule has 0 radical (unpaired) electrons. The SMILES string of the molecule is O=C(c1coc2ccccc12)N1CCN(CC2CCCO2)CC1. The average molecular weight is 314 g/mol. The Kier molecular flexibility index (Phi) is 4.06. The number of fused-ring (bicyclic) bond motifs is 1. The molecule has 1 aromatic heterocycles. The number of piperazine rings is 1. The van der Waals surface area contributed by atoms with Crippen molar-refractivity contribution in [2.24, 2.45) is 0 Å².